The molecule has 0 aliphatic heterocycles. The molecule has 0 aliphatic rings. The highest BCUT2D eigenvalue weighted by molar-refractivity contribution is 7.09. The maximum Gasteiger partial charge on any atom is 0.140 e. The van der Waals surface area contributed by atoms with Gasteiger partial charge in [-0.15, -0.1) is 11.3 Å². The highest BCUT2D eigenvalue weighted by Gasteiger charge is 2.17. The predicted octanol–water partition coefficient (Wildman–Crippen LogP) is 4.64. The molecule has 0 N–H and O–H groups in total. The average Bonchev–Trinajstić information content (AvgIpc) is 2.73. The van der Waals surface area contributed by atoms with Crippen LogP contribution in [0.3, 0.4) is 0 Å². The Bertz CT molecular complexity index is 546. The Balaban J connectivity index is 2.04. The lowest BCUT2D eigenvalue weighted by atomic mass is 9.93. The van der Waals surface area contributed by atoms with Crippen LogP contribution in [-0.4, -0.2) is 4.98 Å². The summed E-state index contributed by atoms with van der Waals surface area (Å²) in [5, 5.41) is 3.16. The van der Waals surface area contributed by atoms with Crippen LogP contribution in [0.2, 0.25) is 0 Å². The smallest absolute Gasteiger partial charge is 0.140 e. The molecule has 2 nitrogen and oxygen atoms in total. The Morgan fingerprint density at radius 1 is 1.11 bits per heavy atom. The number of hydrogen-bond donors (Lipinski definition) is 0. The van der Waals surface area contributed by atoms with E-state index in [-0.39, 0.29) is 5.41 Å². The number of thiazole rings is 1. The molecule has 0 aliphatic carbocycles. The van der Waals surface area contributed by atoms with Crippen molar-refractivity contribution in [3.05, 3.63) is 45.4 Å². The number of hydrogen-bond acceptors (Lipinski definition) is 3. The molecule has 0 spiro atoms. The first kappa shape index (κ1) is 14.1. The lowest BCUT2D eigenvalue weighted by molar-refractivity contribution is 0.304. The van der Waals surface area contributed by atoms with Crippen LogP contribution in [0.4, 0.5) is 0 Å². The van der Waals surface area contributed by atoms with Crippen molar-refractivity contribution < 1.29 is 4.74 Å². The van der Waals surface area contributed by atoms with E-state index in [2.05, 4.69) is 63.2 Å². The molecular formula is C16H21NOS. The molecule has 1 aromatic carbocycles. The van der Waals surface area contributed by atoms with Gasteiger partial charge in [-0.2, -0.15) is 0 Å². The number of aromatic nitrogens is 1. The number of ether oxygens (including phenoxy) is 1. The standard InChI is InChI=1S/C16H21NOS/c1-11-6-12(2)8-13(7-11)18-9-15-17-14(10-19-15)16(3,4)5/h6-8,10H,9H2,1-5H3. The van der Waals surface area contributed by atoms with Gasteiger partial charge in [0.1, 0.15) is 17.4 Å². The minimum absolute atomic E-state index is 0.106. The molecule has 0 saturated carbocycles. The number of benzene rings is 1. The van der Waals surface area contributed by atoms with Gasteiger partial charge in [0.2, 0.25) is 0 Å². The molecule has 1 aromatic heterocycles. The Morgan fingerprint density at radius 3 is 2.26 bits per heavy atom. The maximum absolute atomic E-state index is 5.83. The van der Waals surface area contributed by atoms with E-state index in [1.54, 1.807) is 11.3 Å². The quantitative estimate of drug-likeness (QED) is 0.814. The van der Waals surface area contributed by atoms with E-state index in [1.165, 1.54) is 11.1 Å². The van der Waals surface area contributed by atoms with Crippen molar-refractivity contribution in [3.8, 4) is 5.75 Å². The summed E-state index contributed by atoms with van der Waals surface area (Å²) in [6.45, 7) is 11.2. The van der Waals surface area contributed by atoms with Crippen molar-refractivity contribution in [2.75, 3.05) is 0 Å². The Kier molecular flexibility index (Phi) is 3.95. The van der Waals surface area contributed by atoms with Gasteiger partial charge >= 0.3 is 0 Å². The highest BCUT2D eigenvalue weighted by atomic mass is 32.1. The molecule has 2 rings (SSSR count). The third-order valence-corrected chi connectivity index (χ3v) is 3.70. The summed E-state index contributed by atoms with van der Waals surface area (Å²) in [5.41, 5.74) is 3.69. The van der Waals surface area contributed by atoms with Crippen LogP contribution in [0.5, 0.6) is 5.75 Å². The molecule has 0 amide bonds. The fraction of sp³-hybridized carbons (Fsp3) is 0.438. The van der Waals surface area contributed by atoms with Gasteiger partial charge in [0, 0.05) is 10.8 Å². The second kappa shape index (κ2) is 5.33. The molecule has 19 heavy (non-hydrogen) atoms. The first-order chi connectivity index (χ1) is 8.84. The van der Waals surface area contributed by atoms with Crippen molar-refractivity contribution >= 4 is 11.3 Å². The van der Waals surface area contributed by atoms with Gasteiger partial charge in [-0.25, -0.2) is 4.98 Å². The normalized spacial score (nSPS) is 11.6. The fourth-order valence-electron chi connectivity index (χ4n) is 1.88. The maximum atomic E-state index is 5.83. The van der Waals surface area contributed by atoms with Gasteiger partial charge in [-0.1, -0.05) is 26.8 Å². The van der Waals surface area contributed by atoms with Crippen LogP contribution < -0.4 is 4.74 Å². The number of nitrogens with zero attached hydrogens (tertiary/aromatic N) is 1. The zero-order valence-corrected chi connectivity index (χ0v) is 13.1. The summed E-state index contributed by atoms with van der Waals surface area (Å²) in [6.07, 6.45) is 0. The predicted molar refractivity (Wildman–Crippen MR) is 81.1 cm³/mol. The van der Waals surface area contributed by atoms with Gasteiger partial charge in [-0.3, -0.25) is 0 Å². The van der Waals surface area contributed by atoms with Crippen molar-refractivity contribution in [2.45, 2.75) is 46.6 Å². The monoisotopic (exact) mass is 275 g/mol. The highest BCUT2D eigenvalue weighted by Crippen LogP contribution is 2.25. The summed E-state index contributed by atoms with van der Waals surface area (Å²) < 4.78 is 5.83. The lowest BCUT2D eigenvalue weighted by Gasteiger charge is -2.14. The molecular weight excluding hydrogens is 254 g/mol. The third-order valence-electron chi connectivity index (χ3n) is 2.88. The zero-order chi connectivity index (χ0) is 14.0. The zero-order valence-electron chi connectivity index (χ0n) is 12.3. The van der Waals surface area contributed by atoms with Crippen LogP contribution in [0.15, 0.2) is 23.6 Å². The Labute approximate surface area is 119 Å². The third kappa shape index (κ3) is 3.80. The molecule has 2 aromatic rings. The molecule has 102 valence electrons. The van der Waals surface area contributed by atoms with E-state index in [9.17, 15) is 0 Å². The summed E-state index contributed by atoms with van der Waals surface area (Å²) >= 11 is 1.67. The summed E-state index contributed by atoms with van der Waals surface area (Å²) in [4.78, 5) is 4.63. The van der Waals surface area contributed by atoms with Crippen LogP contribution in [0.25, 0.3) is 0 Å². The molecule has 0 radical (unpaired) electrons. The van der Waals surface area contributed by atoms with Crippen LogP contribution >= 0.6 is 11.3 Å². The van der Waals surface area contributed by atoms with Gasteiger partial charge < -0.3 is 4.74 Å². The van der Waals surface area contributed by atoms with Gasteiger partial charge in [0.15, 0.2) is 0 Å². The molecule has 0 unspecified atom stereocenters. The van der Waals surface area contributed by atoms with E-state index in [0.717, 1.165) is 16.5 Å². The second-order valence-electron chi connectivity index (χ2n) is 5.99. The molecule has 0 bridgehead atoms. The van der Waals surface area contributed by atoms with E-state index < -0.39 is 0 Å². The summed E-state index contributed by atoms with van der Waals surface area (Å²) in [5.74, 6) is 0.921. The Morgan fingerprint density at radius 2 is 1.74 bits per heavy atom. The number of aryl methyl sites for hydroxylation is 2. The fourth-order valence-corrected chi connectivity index (χ4v) is 2.81. The van der Waals surface area contributed by atoms with Gasteiger partial charge in [-0.05, 0) is 37.1 Å². The van der Waals surface area contributed by atoms with Crippen molar-refractivity contribution in [1.82, 2.24) is 4.98 Å². The van der Waals surface area contributed by atoms with E-state index >= 15 is 0 Å². The van der Waals surface area contributed by atoms with Crippen LogP contribution in [0, 0.1) is 13.8 Å². The van der Waals surface area contributed by atoms with Gasteiger partial charge in [0.25, 0.3) is 0 Å². The first-order valence-electron chi connectivity index (χ1n) is 6.50. The van der Waals surface area contributed by atoms with Gasteiger partial charge in [0.05, 0.1) is 5.69 Å². The second-order valence-corrected chi connectivity index (χ2v) is 6.93. The average molecular weight is 275 g/mol. The van der Waals surface area contributed by atoms with Crippen LogP contribution in [0.1, 0.15) is 42.6 Å². The van der Waals surface area contributed by atoms with Crippen molar-refractivity contribution in [2.24, 2.45) is 0 Å². The minimum Gasteiger partial charge on any atom is -0.486 e. The largest absolute Gasteiger partial charge is 0.486 e. The molecule has 1 heterocycles. The summed E-state index contributed by atoms with van der Waals surface area (Å²) in [6, 6.07) is 6.27. The Hall–Kier alpha value is -1.35. The molecule has 0 atom stereocenters. The first-order valence-corrected chi connectivity index (χ1v) is 7.38. The van der Waals surface area contributed by atoms with E-state index in [1.807, 2.05) is 0 Å². The topological polar surface area (TPSA) is 22.1 Å². The summed E-state index contributed by atoms with van der Waals surface area (Å²) in [7, 11) is 0. The number of rotatable bonds is 3. The van der Waals surface area contributed by atoms with Crippen molar-refractivity contribution in [3.63, 3.8) is 0 Å². The van der Waals surface area contributed by atoms with E-state index in [0.29, 0.717) is 6.61 Å². The minimum atomic E-state index is 0.106. The molecule has 3 heteroatoms. The lowest BCUT2D eigenvalue weighted by Crippen LogP contribution is -2.11. The SMILES string of the molecule is Cc1cc(C)cc(OCc2nc(C(C)(C)C)cs2)c1. The van der Waals surface area contributed by atoms with Crippen LogP contribution in [-0.2, 0) is 12.0 Å². The molecule has 0 fully saturated rings. The molecule has 0 saturated heterocycles. The van der Waals surface area contributed by atoms with E-state index in [4.69, 9.17) is 4.74 Å². The van der Waals surface area contributed by atoms with Crippen molar-refractivity contribution in [1.29, 1.82) is 0 Å².